The average molecular weight is 487 g/mol. The number of carbonyl (C=O) groups excluding carboxylic acids is 1. The normalized spacial score (nSPS) is 12.3. The second kappa shape index (κ2) is 7.92. The molecule has 24 heavy (non-hydrogen) atoms. The molecular formula is C13H12EuF3NO6. The van der Waals surface area contributed by atoms with Gasteiger partial charge in [0.2, 0.25) is 0 Å². The van der Waals surface area contributed by atoms with Gasteiger partial charge >= 0.3 is 6.18 Å². The van der Waals surface area contributed by atoms with E-state index >= 15 is 0 Å². The van der Waals surface area contributed by atoms with Gasteiger partial charge in [0.1, 0.15) is 23.7 Å². The van der Waals surface area contributed by atoms with Crippen LogP contribution < -0.4 is 10.3 Å². The number of ketones is 1. The molecule has 3 rings (SSSR count). The zero-order chi connectivity index (χ0) is 15.4. The van der Waals surface area contributed by atoms with Crippen molar-refractivity contribution in [2.75, 3.05) is 6.61 Å². The fraction of sp³-hybridized carbons (Fsp3) is 0.231. The van der Waals surface area contributed by atoms with Crippen molar-refractivity contribution in [2.45, 2.75) is 12.7 Å². The van der Waals surface area contributed by atoms with E-state index in [0.717, 1.165) is 4.57 Å². The standard InChI is InChI=1S/C13H8F3NO4.Eu.2H2O/c14-13(15,16)11(19)8-10(18)6-2-1-3-7-9(6)17(12(8)20)4-5-21-7;;;/h1-3,18H,4-5H2;;2*1H2. The van der Waals surface area contributed by atoms with Gasteiger partial charge in [-0.05, 0) is 12.1 Å². The summed E-state index contributed by atoms with van der Waals surface area (Å²) in [6, 6.07) is 4.31. The Hall–Kier alpha value is -1.01. The molecule has 0 unspecified atom stereocenters. The summed E-state index contributed by atoms with van der Waals surface area (Å²) in [5.41, 5.74) is -2.24. The van der Waals surface area contributed by atoms with Crippen LogP contribution >= 0.6 is 0 Å². The van der Waals surface area contributed by atoms with Gasteiger partial charge in [0.05, 0.1) is 12.1 Å². The molecule has 0 spiro atoms. The van der Waals surface area contributed by atoms with Gasteiger partial charge in [-0.3, -0.25) is 9.59 Å². The van der Waals surface area contributed by atoms with Crippen LogP contribution in [0.15, 0.2) is 23.0 Å². The predicted molar refractivity (Wildman–Crippen MR) is 73.0 cm³/mol. The van der Waals surface area contributed by atoms with Gasteiger partial charge in [0.15, 0.2) is 0 Å². The fourth-order valence-electron chi connectivity index (χ4n) is 2.39. The SMILES string of the molecule is O.O.O=C(c1c(O)c2cccc3c2n(c1=O)CCO3)C(F)(F)F.[Eu]. The first kappa shape index (κ1) is 23.0. The molecule has 0 bridgehead atoms. The van der Waals surface area contributed by atoms with E-state index in [9.17, 15) is 27.9 Å². The van der Waals surface area contributed by atoms with Gasteiger partial charge in [0.25, 0.3) is 11.3 Å². The Morgan fingerprint density at radius 3 is 2.46 bits per heavy atom. The quantitative estimate of drug-likeness (QED) is 0.576. The minimum atomic E-state index is -5.24. The monoisotopic (exact) mass is 488 g/mol. The molecular weight excluding hydrogens is 475 g/mol. The molecule has 2 aromatic rings. The maximum absolute atomic E-state index is 12.6. The van der Waals surface area contributed by atoms with Gasteiger partial charge in [-0.2, -0.15) is 13.2 Å². The number of rotatable bonds is 1. The van der Waals surface area contributed by atoms with Gasteiger partial charge < -0.3 is 25.4 Å². The summed E-state index contributed by atoms with van der Waals surface area (Å²) in [6.07, 6.45) is -5.24. The maximum Gasteiger partial charge on any atom is 0.455 e. The number of halogens is 3. The zero-order valence-corrected chi connectivity index (χ0v) is 14.2. The van der Waals surface area contributed by atoms with Gasteiger partial charge in [-0.1, -0.05) is 6.07 Å². The summed E-state index contributed by atoms with van der Waals surface area (Å²) in [5.74, 6) is -3.05. The number of Topliss-reactive ketones (excluding diaryl/α,β-unsaturated/α-hetero) is 1. The summed E-state index contributed by atoms with van der Waals surface area (Å²) >= 11 is 0. The number of benzene rings is 1. The molecule has 1 aliphatic heterocycles. The molecule has 133 valence electrons. The Morgan fingerprint density at radius 2 is 1.88 bits per heavy atom. The molecule has 1 aromatic carbocycles. The second-order valence-corrected chi connectivity index (χ2v) is 4.51. The largest absolute Gasteiger partial charge is 0.506 e. The molecule has 1 radical (unpaired) electrons. The van der Waals surface area contributed by atoms with Crippen LogP contribution in [0.3, 0.4) is 0 Å². The van der Waals surface area contributed by atoms with Crippen molar-refractivity contribution in [2.24, 2.45) is 0 Å². The summed E-state index contributed by atoms with van der Waals surface area (Å²) in [6.45, 7) is 0.0984. The Bertz CT molecular complexity index is 833. The molecule has 0 amide bonds. The molecule has 0 atom stereocenters. The number of alkyl halides is 3. The molecule has 1 aromatic heterocycles. The van der Waals surface area contributed by atoms with Crippen LogP contribution in [0.25, 0.3) is 10.9 Å². The number of nitrogens with zero attached hydrogens (tertiary/aromatic N) is 1. The van der Waals surface area contributed by atoms with Crippen molar-refractivity contribution in [3.63, 3.8) is 0 Å². The molecule has 11 heteroatoms. The zero-order valence-electron chi connectivity index (χ0n) is 11.8. The van der Waals surface area contributed by atoms with Crippen LogP contribution in [-0.2, 0) is 6.54 Å². The first-order chi connectivity index (χ1) is 9.82. The number of aromatic hydroxyl groups is 1. The van der Waals surface area contributed by atoms with Crippen molar-refractivity contribution in [3.8, 4) is 11.5 Å². The minimum absolute atomic E-state index is 0. The molecule has 0 saturated carbocycles. The first-order valence-electron chi connectivity index (χ1n) is 5.95. The van der Waals surface area contributed by atoms with Crippen molar-refractivity contribution in [3.05, 3.63) is 34.1 Å². The summed E-state index contributed by atoms with van der Waals surface area (Å²) < 4.78 is 44.1. The number of hydrogen-bond donors (Lipinski definition) is 1. The molecule has 1 aliphatic rings. The number of aromatic nitrogens is 1. The topological polar surface area (TPSA) is 132 Å². The maximum atomic E-state index is 12.6. The Morgan fingerprint density at radius 1 is 1.25 bits per heavy atom. The number of hydrogen-bond acceptors (Lipinski definition) is 4. The Labute approximate surface area is 173 Å². The van der Waals surface area contributed by atoms with E-state index in [2.05, 4.69) is 0 Å². The van der Waals surface area contributed by atoms with E-state index in [-0.39, 0.29) is 90.1 Å². The van der Waals surface area contributed by atoms with Gasteiger partial charge in [-0.25, -0.2) is 0 Å². The van der Waals surface area contributed by atoms with Gasteiger partial charge in [0, 0.05) is 54.8 Å². The summed E-state index contributed by atoms with van der Waals surface area (Å²) in [5, 5.41) is 9.91. The van der Waals surface area contributed by atoms with Crippen LogP contribution in [0, 0.1) is 49.4 Å². The van der Waals surface area contributed by atoms with E-state index < -0.39 is 28.8 Å². The summed E-state index contributed by atoms with van der Waals surface area (Å²) in [4.78, 5) is 23.5. The van der Waals surface area contributed by atoms with Crippen LogP contribution in [-0.4, -0.2) is 39.2 Å². The predicted octanol–water partition coefficient (Wildman–Crippen LogP) is 0.195. The molecule has 7 nitrogen and oxygen atoms in total. The van der Waals surface area contributed by atoms with Crippen LogP contribution in [0.2, 0.25) is 0 Å². The Balaban J connectivity index is 0.00000176. The van der Waals surface area contributed by atoms with E-state index in [4.69, 9.17) is 4.74 Å². The smallest absolute Gasteiger partial charge is 0.455 e. The van der Waals surface area contributed by atoms with Crippen molar-refractivity contribution >= 4 is 16.7 Å². The minimum Gasteiger partial charge on any atom is -0.506 e. The van der Waals surface area contributed by atoms with Crippen LogP contribution in [0.5, 0.6) is 11.5 Å². The van der Waals surface area contributed by atoms with E-state index in [1.54, 1.807) is 0 Å². The molecule has 0 aliphatic carbocycles. The molecule has 0 saturated heterocycles. The number of pyridine rings is 1. The third kappa shape index (κ3) is 3.50. The first-order valence-corrected chi connectivity index (χ1v) is 5.95. The second-order valence-electron chi connectivity index (χ2n) is 4.51. The number of ether oxygens (including phenoxy) is 1. The average Bonchev–Trinajstić information content (AvgIpc) is 2.43. The number of para-hydroxylation sites is 1. The molecule has 2 heterocycles. The van der Waals surface area contributed by atoms with Crippen LogP contribution in [0.1, 0.15) is 10.4 Å². The molecule has 5 N–H and O–H groups in total. The van der Waals surface area contributed by atoms with Crippen LogP contribution in [0.4, 0.5) is 13.2 Å². The van der Waals surface area contributed by atoms with Crippen molar-refractivity contribution < 1.29 is 88.1 Å². The third-order valence-corrected chi connectivity index (χ3v) is 3.28. The summed E-state index contributed by atoms with van der Waals surface area (Å²) in [7, 11) is 0. The van der Waals surface area contributed by atoms with E-state index in [1.807, 2.05) is 0 Å². The fourth-order valence-corrected chi connectivity index (χ4v) is 2.39. The van der Waals surface area contributed by atoms with Gasteiger partial charge in [-0.15, -0.1) is 0 Å². The van der Waals surface area contributed by atoms with E-state index in [1.165, 1.54) is 18.2 Å². The van der Waals surface area contributed by atoms with Crippen molar-refractivity contribution in [1.82, 2.24) is 4.57 Å². The third-order valence-electron chi connectivity index (χ3n) is 3.28. The molecule has 0 fully saturated rings. The van der Waals surface area contributed by atoms with Crippen molar-refractivity contribution in [1.29, 1.82) is 0 Å². The number of carbonyl (C=O) groups is 1. The van der Waals surface area contributed by atoms with E-state index in [0.29, 0.717) is 0 Å². The Kier molecular flexibility index (Phi) is 7.58.